The molecule has 1 saturated heterocycles. The van der Waals surface area contributed by atoms with Crippen LogP contribution in [-0.4, -0.2) is 32.1 Å². The Morgan fingerprint density at radius 2 is 2.12 bits per heavy atom. The zero-order valence-electron chi connectivity index (χ0n) is 9.66. The summed E-state index contributed by atoms with van der Waals surface area (Å²) >= 11 is 0. The third-order valence-electron chi connectivity index (χ3n) is 3.12. The summed E-state index contributed by atoms with van der Waals surface area (Å²) in [5, 5.41) is 0. The van der Waals surface area contributed by atoms with E-state index in [2.05, 4.69) is 0 Å². The Kier molecular flexibility index (Phi) is 3.61. The van der Waals surface area contributed by atoms with Crippen molar-refractivity contribution in [2.45, 2.75) is 37.9 Å². The summed E-state index contributed by atoms with van der Waals surface area (Å²) in [6, 6.07) is 0. The summed E-state index contributed by atoms with van der Waals surface area (Å²) in [6.07, 6.45) is 6.40. The molecule has 90 valence electrons. The Morgan fingerprint density at radius 1 is 1.38 bits per heavy atom. The first kappa shape index (κ1) is 11.6. The van der Waals surface area contributed by atoms with Crippen molar-refractivity contribution >= 4 is 5.97 Å². The lowest BCUT2D eigenvalue weighted by atomic mass is 9.94. The number of rotatable bonds is 1. The van der Waals surface area contributed by atoms with Crippen LogP contribution in [0.5, 0.6) is 0 Å². The molecule has 16 heavy (non-hydrogen) atoms. The van der Waals surface area contributed by atoms with Crippen molar-refractivity contribution in [1.82, 2.24) is 0 Å². The number of allylic oxidation sites excluding steroid dienone is 1. The van der Waals surface area contributed by atoms with Crippen LogP contribution < -0.4 is 0 Å². The van der Waals surface area contributed by atoms with Gasteiger partial charge >= 0.3 is 5.97 Å². The zero-order chi connectivity index (χ0) is 11.4. The molecule has 4 nitrogen and oxygen atoms in total. The predicted molar refractivity (Wildman–Crippen MR) is 57.8 cm³/mol. The molecular weight excluding hydrogens is 208 g/mol. The minimum Gasteiger partial charge on any atom is -0.466 e. The Balaban J connectivity index is 2.14. The molecule has 0 unspecified atom stereocenters. The molecule has 1 heterocycles. The standard InChI is InChI=1S/C12H18O4/c1-14-11(13)10-5-3-2-4-6-12(9-10)15-7-8-16-12/h5H,2-4,6-9H2,1H3/b10-5+. The van der Waals surface area contributed by atoms with Gasteiger partial charge in [-0.25, -0.2) is 4.79 Å². The zero-order valence-corrected chi connectivity index (χ0v) is 9.66. The number of ether oxygens (including phenoxy) is 3. The van der Waals surface area contributed by atoms with Crippen LogP contribution in [0.2, 0.25) is 0 Å². The number of hydrogen-bond donors (Lipinski definition) is 0. The molecule has 1 fully saturated rings. The highest BCUT2D eigenvalue weighted by Gasteiger charge is 2.38. The van der Waals surface area contributed by atoms with E-state index in [4.69, 9.17) is 14.2 Å². The van der Waals surface area contributed by atoms with Gasteiger partial charge in [-0.3, -0.25) is 0 Å². The lowest BCUT2D eigenvalue weighted by molar-refractivity contribution is -0.166. The van der Waals surface area contributed by atoms with Gasteiger partial charge in [0.15, 0.2) is 5.79 Å². The van der Waals surface area contributed by atoms with Gasteiger partial charge in [-0.1, -0.05) is 6.08 Å². The molecular formula is C12H18O4. The van der Waals surface area contributed by atoms with E-state index in [1.165, 1.54) is 7.11 Å². The second kappa shape index (κ2) is 4.97. The van der Waals surface area contributed by atoms with E-state index in [0.29, 0.717) is 25.2 Å². The van der Waals surface area contributed by atoms with Gasteiger partial charge in [0.25, 0.3) is 0 Å². The molecule has 1 spiro atoms. The lowest BCUT2D eigenvalue weighted by Crippen LogP contribution is -2.32. The topological polar surface area (TPSA) is 44.8 Å². The minimum absolute atomic E-state index is 0.264. The van der Waals surface area contributed by atoms with E-state index in [0.717, 1.165) is 25.7 Å². The smallest absolute Gasteiger partial charge is 0.333 e. The molecule has 1 aliphatic heterocycles. The van der Waals surface area contributed by atoms with E-state index in [1.54, 1.807) is 0 Å². The molecule has 4 heteroatoms. The molecule has 0 atom stereocenters. The fourth-order valence-corrected chi connectivity index (χ4v) is 2.30. The Labute approximate surface area is 95.6 Å². The monoisotopic (exact) mass is 226 g/mol. The van der Waals surface area contributed by atoms with Crippen LogP contribution in [0.4, 0.5) is 0 Å². The molecule has 0 N–H and O–H groups in total. The summed E-state index contributed by atoms with van der Waals surface area (Å²) in [6.45, 7) is 1.24. The summed E-state index contributed by atoms with van der Waals surface area (Å²) in [5.41, 5.74) is 0.684. The average Bonchev–Trinajstić information content (AvgIpc) is 2.72. The van der Waals surface area contributed by atoms with Crippen molar-refractivity contribution in [3.63, 3.8) is 0 Å². The second-order valence-electron chi connectivity index (χ2n) is 4.25. The third-order valence-corrected chi connectivity index (χ3v) is 3.12. The Hall–Kier alpha value is -0.870. The van der Waals surface area contributed by atoms with Crippen molar-refractivity contribution in [3.8, 4) is 0 Å². The normalized spacial score (nSPS) is 27.9. The highest BCUT2D eigenvalue weighted by molar-refractivity contribution is 5.88. The van der Waals surface area contributed by atoms with Crippen LogP contribution >= 0.6 is 0 Å². The molecule has 0 bridgehead atoms. The first-order valence-corrected chi connectivity index (χ1v) is 5.81. The fourth-order valence-electron chi connectivity index (χ4n) is 2.30. The average molecular weight is 226 g/mol. The van der Waals surface area contributed by atoms with Crippen molar-refractivity contribution in [2.24, 2.45) is 0 Å². The highest BCUT2D eigenvalue weighted by atomic mass is 16.7. The van der Waals surface area contributed by atoms with Crippen molar-refractivity contribution < 1.29 is 19.0 Å². The fraction of sp³-hybridized carbons (Fsp3) is 0.750. The molecule has 0 saturated carbocycles. The maximum absolute atomic E-state index is 11.6. The van der Waals surface area contributed by atoms with Crippen molar-refractivity contribution in [2.75, 3.05) is 20.3 Å². The van der Waals surface area contributed by atoms with Crippen LogP contribution in [0.1, 0.15) is 32.1 Å². The molecule has 0 amide bonds. The van der Waals surface area contributed by atoms with Gasteiger partial charge in [0.1, 0.15) is 0 Å². The number of carbonyl (C=O) groups excluding carboxylic acids is 1. The largest absolute Gasteiger partial charge is 0.466 e. The van der Waals surface area contributed by atoms with Gasteiger partial charge in [-0.15, -0.1) is 0 Å². The van der Waals surface area contributed by atoms with Crippen molar-refractivity contribution in [1.29, 1.82) is 0 Å². The lowest BCUT2D eigenvalue weighted by Gasteiger charge is -2.29. The van der Waals surface area contributed by atoms with Crippen LogP contribution in [0, 0.1) is 0 Å². The maximum Gasteiger partial charge on any atom is 0.333 e. The second-order valence-corrected chi connectivity index (χ2v) is 4.25. The molecule has 0 aromatic carbocycles. The maximum atomic E-state index is 11.6. The van der Waals surface area contributed by atoms with Gasteiger partial charge < -0.3 is 14.2 Å². The van der Waals surface area contributed by atoms with Crippen LogP contribution in [0.15, 0.2) is 11.6 Å². The summed E-state index contributed by atoms with van der Waals surface area (Å²) in [5.74, 6) is -0.833. The van der Waals surface area contributed by atoms with E-state index in [1.807, 2.05) is 6.08 Å². The van der Waals surface area contributed by atoms with E-state index < -0.39 is 5.79 Å². The van der Waals surface area contributed by atoms with Crippen LogP contribution in [0.25, 0.3) is 0 Å². The van der Waals surface area contributed by atoms with E-state index in [-0.39, 0.29) is 5.97 Å². The quantitative estimate of drug-likeness (QED) is 0.639. The number of hydrogen-bond acceptors (Lipinski definition) is 4. The van der Waals surface area contributed by atoms with Crippen molar-refractivity contribution in [3.05, 3.63) is 11.6 Å². The Morgan fingerprint density at radius 3 is 2.81 bits per heavy atom. The first-order valence-electron chi connectivity index (χ1n) is 5.81. The van der Waals surface area contributed by atoms with Crippen LogP contribution in [-0.2, 0) is 19.0 Å². The molecule has 2 rings (SSSR count). The first-order chi connectivity index (χ1) is 7.76. The summed E-state index contributed by atoms with van der Waals surface area (Å²) in [4.78, 5) is 11.6. The molecule has 0 aromatic heterocycles. The SMILES string of the molecule is COC(=O)/C1=C/CCCCC2(C1)OCCO2. The van der Waals surface area contributed by atoms with Gasteiger partial charge in [0, 0.05) is 18.4 Å². The van der Waals surface area contributed by atoms with Gasteiger partial charge in [-0.05, 0) is 19.3 Å². The van der Waals surface area contributed by atoms with Crippen LogP contribution in [0.3, 0.4) is 0 Å². The Bertz CT molecular complexity index is 289. The third kappa shape index (κ3) is 2.44. The minimum atomic E-state index is -0.569. The molecule has 2 aliphatic rings. The van der Waals surface area contributed by atoms with E-state index >= 15 is 0 Å². The summed E-state index contributed by atoms with van der Waals surface area (Å²) < 4.78 is 16.1. The summed E-state index contributed by atoms with van der Waals surface area (Å²) in [7, 11) is 1.41. The molecule has 1 aliphatic carbocycles. The number of esters is 1. The van der Waals surface area contributed by atoms with E-state index in [9.17, 15) is 4.79 Å². The highest BCUT2D eigenvalue weighted by Crippen LogP contribution is 2.34. The van der Waals surface area contributed by atoms with Gasteiger partial charge in [0.05, 0.1) is 20.3 Å². The molecule has 0 radical (unpaired) electrons. The molecule has 0 aromatic rings. The van der Waals surface area contributed by atoms with Gasteiger partial charge in [-0.2, -0.15) is 0 Å². The van der Waals surface area contributed by atoms with Gasteiger partial charge in [0.2, 0.25) is 0 Å². The number of carbonyl (C=O) groups is 1. The predicted octanol–water partition coefficient (Wildman–Crippen LogP) is 1.79. The number of methoxy groups -OCH3 is 1.